The SMILES string of the molecule is Cn1cc(-c2ccc(/C(=C\N)C(=O)N3CCc4[nH]cnc4[C@H]3c3nc4cc(F)ccc4o3)nc2)cn1. The van der Waals surface area contributed by atoms with E-state index in [1.165, 1.54) is 24.4 Å². The van der Waals surface area contributed by atoms with Crippen molar-refractivity contribution in [3.63, 3.8) is 0 Å². The van der Waals surface area contributed by atoms with Crippen LogP contribution in [0.4, 0.5) is 4.39 Å². The Hall–Kier alpha value is -4.80. The van der Waals surface area contributed by atoms with Crippen LogP contribution in [-0.2, 0) is 18.3 Å². The summed E-state index contributed by atoms with van der Waals surface area (Å²) in [4.78, 5) is 32.0. The first-order valence-corrected chi connectivity index (χ1v) is 11.3. The van der Waals surface area contributed by atoms with Gasteiger partial charge >= 0.3 is 0 Å². The van der Waals surface area contributed by atoms with Crippen LogP contribution < -0.4 is 5.73 Å². The molecule has 1 amide bonds. The molecule has 0 bridgehead atoms. The molecule has 0 spiro atoms. The van der Waals surface area contributed by atoms with Gasteiger partial charge in [0.15, 0.2) is 11.6 Å². The van der Waals surface area contributed by atoms with Crippen molar-refractivity contribution >= 4 is 22.6 Å². The quantitative estimate of drug-likeness (QED) is 0.375. The molecule has 0 radical (unpaired) electrons. The monoisotopic (exact) mass is 484 g/mol. The summed E-state index contributed by atoms with van der Waals surface area (Å²) in [6.45, 7) is 0.372. The number of aryl methyl sites for hydroxylation is 1. The summed E-state index contributed by atoms with van der Waals surface area (Å²) >= 11 is 0. The first kappa shape index (κ1) is 21.7. The molecule has 10 nitrogen and oxygen atoms in total. The average Bonchev–Trinajstić information content (AvgIpc) is 3.63. The van der Waals surface area contributed by atoms with E-state index in [4.69, 9.17) is 10.2 Å². The molecule has 0 aliphatic carbocycles. The summed E-state index contributed by atoms with van der Waals surface area (Å²) in [7, 11) is 1.84. The molecule has 5 heterocycles. The molecule has 0 saturated carbocycles. The van der Waals surface area contributed by atoms with Crippen molar-refractivity contribution in [3.05, 3.63) is 90.2 Å². The zero-order chi connectivity index (χ0) is 24.8. The Morgan fingerprint density at radius 3 is 2.86 bits per heavy atom. The summed E-state index contributed by atoms with van der Waals surface area (Å²) in [5.74, 6) is -0.520. The van der Waals surface area contributed by atoms with E-state index in [0.29, 0.717) is 35.5 Å². The Labute approximate surface area is 204 Å². The Morgan fingerprint density at radius 2 is 2.11 bits per heavy atom. The van der Waals surface area contributed by atoms with Gasteiger partial charge in [0.25, 0.3) is 5.91 Å². The number of oxazole rings is 1. The van der Waals surface area contributed by atoms with Crippen LogP contribution in [0.25, 0.3) is 27.8 Å². The third kappa shape index (κ3) is 3.61. The van der Waals surface area contributed by atoms with Gasteiger partial charge in [-0.1, -0.05) is 6.07 Å². The first-order chi connectivity index (χ1) is 17.5. The van der Waals surface area contributed by atoms with E-state index in [1.807, 2.05) is 19.3 Å². The van der Waals surface area contributed by atoms with Gasteiger partial charge in [0.1, 0.15) is 11.3 Å². The van der Waals surface area contributed by atoms with E-state index in [-0.39, 0.29) is 17.4 Å². The average molecular weight is 484 g/mol. The number of nitrogens with one attached hydrogen (secondary N) is 1. The summed E-state index contributed by atoms with van der Waals surface area (Å²) < 4.78 is 21.4. The molecular weight excluding hydrogens is 463 g/mol. The molecule has 6 rings (SSSR count). The highest BCUT2D eigenvalue weighted by Gasteiger charge is 2.38. The second-order valence-corrected chi connectivity index (χ2v) is 8.50. The molecule has 11 heteroatoms. The number of nitrogens with zero attached hydrogens (tertiary/aromatic N) is 6. The van der Waals surface area contributed by atoms with E-state index < -0.39 is 11.9 Å². The molecule has 180 valence electrons. The van der Waals surface area contributed by atoms with Crippen LogP contribution >= 0.6 is 0 Å². The Balaban J connectivity index is 1.36. The van der Waals surface area contributed by atoms with Gasteiger partial charge in [-0.05, 0) is 18.2 Å². The number of rotatable bonds is 4. The lowest BCUT2D eigenvalue weighted by molar-refractivity contribution is -0.127. The fourth-order valence-corrected chi connectivity index (χ4v) is 4.50. The van der Waals surface area contributed by atoms with Crippen LogP contribution in [0.15, 0.2) is 65.9 Å². The number of halogens is 1. The second-order valence-electron chi connectivity index (χ2n) is 8.50. The number of H-pyrrole nitrogens is 1. The Morgan fingerprint density at radius 1 is 1.22 bits per heavy atom. The lowest BCUT2D eigenvalue weighted by Gasteiger charge is -2.33. The van der Waals surface area contributed by atoms with Gasteiger partial charge in [-0.15, -0.1) is 0 Å². The zero-order valence-corrected chi connectivity index (χ0v) is 19.2. The van der Waals surface area contributed by atoms with Crippen molar-refractivity contribution in [2.75, 3.05) is 6.54 Å². The van der Waals surface area contributed by atoms with Crippen molar-refractivity contribution in [3.8, 4) is 11.1 Å². The zero-order valence-electron chi connectivity index (χ0n) is 19.2. The van der Waals surface area contributed by atoms with Crippen molar-refractivity contribution in [2.24, 2.45) is 12.8 Å². The number of amides is 1. The molecule has 0 fully saturated rings. The normalized spacial score (nSPS) is 15.9. The third-order valence-corrected chi connectivity index (χ3v) is 6.26. The van der Waals surface area contributed by atoms with Crippen molar-refractivity contribution in [1.82, 2.24) is 34.6 Å². The smallest absolute Gasteiger partial charge is 0.258 e. The van der Waals surface area contributed by atoms with Crippen LogP contribution in [0.2, 0.25) is 0 Å². The largest absolute Gasteiger partial charge is 0.438 e. The number of aromatic nitrogens is 6. The number of nitrogens with two attached hydrogens (primary N) is 1. The lowest BCUT2D eigenvalue weighted by Crippen LogP contribution is -2.41. The number of imidazole rings is 1. The lowest BCUT2D eigenvalue weighted by atomic mass is 10.00. The van der Waals surface area contributed by atoms with Gasteiger partial charge < -0.3 is 20.0 Å². The molecule has 36 heavy (non-hydrogen) atoms. The fourth-order valence-electron chi connectivity index (χ4n) is 4.50. The minimum Gasteiger partial charge on any atom is -0.438 e. The predicted molar refractivity (Wildman–Crippen MR) is 128 cm³/mol. The molecule has 5 aromatic rings. The van der Waals surface area contributed by atoms with Gasteiger partial charge in [0.05, 0.1) is 29.5 Å². The minimum absolute atomic E-state index is 0.235. The molecule has 1 aromatic carbocycles. The maximum Gasteiger partial charge on any atom is 0.258 e. The standard InChI is InChI=1S/C25H21FN8O2/c1-33-12-15(11-31-33)14-2-4-18(28-10-14)17(9-27)25(35)34-7-6-19-22(30-13-29-19)23(34)24-32-20-8-16(26)3-5-21(20)36-24/h2-5,8-13,23H,6-7,27H2,1H3,(H,29,30)/b17-9+/t23-/m0/s1. The van der Waals surface area contributed by atoms with E-state index in [9.17, 15) is 9.18 Å². The van der Waals surface area contributed by atoms with E-state index in [1.54, 1.807) is 34.4 Å². The van der Waals surface area contributed by atoms with Gasteiger partial charge in [-0.25, -0.2) is 14.4 Å². The maximum absolute atomic E-state index is 13.8. The number of pyridine rings is 1. The molecule has 0 saturated heterocycles. The number of fused-ring (bicyclic) bond motifs is 2. The van der Waals surface area contributed by atoms with Gasteiger partial charge in [-0.2, -0.15) is 5.10 Å². The molecular formula is C25H21FN8O2. The highest BCUT2D eigenvalue weighted by Crippen LogP contribution is 2.36. The topological polar surface area (TPSA) is 132 Å². The van der Waals surface area contributed by atoms with Crippen LogP contribution in [0, 0.1) is 5.82 Å². The number of hydrogen-bond acceptors (Lipinski definition) is 7. The Kier molecular flexibility index (Phi) is 5.10. The molecule has 1 aliphatic rings. The van der Waals surface area contributed by atoms with E-state index in [2.05, 4.69) is 25.0 Å². The number of carbonyl (C=O) groups is 1. The van der Waals surface area contributed by atoms with Crippen LogP contribution in [0.1, 0.15) is 29.0 Å². The van der Waals surface area contributed by atoms with Crippen LogP contribution in [0.5, 0.6) is 0 Å². The number of hydrogen-bond donors (Lipinski definition) is 2. The Bertz CT molecular complexity index is 1610. The number of carbonyl (C=O) groups excluding carboxylic acids is 1. The van der Waals surface area contributed by atoms with Crippen molar-refractivity contribution in [1.29, 1.82) is 0 Å². The first-order valence-electron chi connectivity index (χ1n) is 11.3. The third-order valence-electron chi connectivity index (χ3n) is 6.26. The highest BCUT2D eigenvalue weighted by molar-refractivity contribution is 6.19. The van der Waals surface area contributed by atoms with Crippen molar-refractivity contribution < 1.29 is 13.6 Å². The van der Waals surface area contributed by atoms with E-state index in [0.717, 1.165) is 16.8 Å². The van der Waals surface area contributed by atoms with Crippen LogP contribution in [-0.4, -0.2) is 47.1 Å². The highest BCUT2D eigenvalue weighted by atomic mass is 19.1. The van der Waals surface area contributed by atoms with Gasteiger partial charge in [0.2, 0.25) is 5.89 Å². The molecule has 3 N–H and O–H groups in total. The van der Waals surface area contributed by atoms with Crippen LogP contribution in [0.3, 0.4) is 0 Å². The van der Waals surface area contributed by atoms with Gasteiger partial charge in [-0.3, -0.25) is 14.5 Å². The maximum atomic E-state index is 13.8. The van der Waals surface area contributed by atoms with Gasteiger partial charge in [0, 0.05) is 61.5 Å². The molecule has 4 aromatic heterocycles. The summed E-state index contributed by atoms with van der Waals surface area (Å²) in [6.07, 6.45) is 8.70. The molecule has 0 unspecified atom stereocenters. The fraction of sp³-hybridized carbons (Fsp3) is 0.160. The second kappa shape index (κ2) is 8.45. The van der Waals surface area contributed by atoms with E-state index >= 15 is 0 Å². The summed E-state index contributed by atoms with van der Waals surface area (Å²) in [5.41, 5.74) is 10.7. The summed E-state index contributed by atoms with van der Waals surface area (Å²) in [5, 5.41) is 4.18. The van der Waals surface area contributed by atoms with Crippen molar-refractivity contribution in [2.45, 2.75) is 12.5 Å². The number of benzene rings is 1. The number of aromatic amines is 1. The molecule has 1 atom stereocenters. The predicted octanol–water partition coefficient (Wildman–Crippen LogP) is 2.96. The minimum atomic E-state index is -0.715. The molecule has 1 aliphatic heterocycles. The summed E-state index contributed by atoms with van der Waals surface area (Å²) in [6, 6.07) is 7.01.